The van der Waals surface area contributed by atoms with Crippen molar-refractivity contribution >= 4 is 22.2 Å². The van der Waals surface area contributed by atoms with Crippen molar-refractivity contribution in [1.82, 2.24) is 0 Å². The molecule has 6 nitrogen and oxygen atoms in total. The van der Waals surface area contributed by atoms with E-state index in [1.807, 2.05) is 0 Å². The largest absolute Gasteiger partial charge is 1.00 e. The molecule has 0 saturated carbocycles. The average Bonchev–Trinajstić information content (AvgIpc) is 1.54. The van der Waals surface area contributed by atoms with E-state index >= 15 is 0 Å². The molecule has 0 N–H and O–H groups in total. The third-order valence-electron chi connectivity index (χ3n) is 0. The van der Waals surface area contributed by atoms with Gasteiger partial charge in [-0.25, -0.2) is 0 Å². The third kappa shape index (κ3) is 284. The Morgan fingerprint density at radius 2 is 0.389 bits per heavy atom. The van der Waals surface area contributed by atoms with Crippen molar-refractivity contribution in [2.24, 2.45) is 0 Å². The molecule has 0 heterocycles. The van der Waals surface area contributed by atoms with Crippen LogP contribution in [0.2, 0.25) is 0 Å². The molecule has 0 aromatic carbocycles. The molecule has 0 atom stereocenters. The molecule has 0 aliphatic rings. The molecule has 0 saturated heterocycles. The van der Waals surface area contributed by atoms with Gasteiger partial charge in [-0.1, -0.05) is 0 Å². The van der Waals surface area contributed by atoms with Crippen LogP contribution in [0.5, 0.6) is 0 Å². The second-order valence-corrected chi connectivity index (χ2v) is 0.823. The SMILES string of the molecule is [Na+].[Na+].[Na+].[Na+].[Na+].[Na+].[O-]B([O-])F.[O-]B([O-])F.[O-]B([O-])F. The Morgan fingerprint density at radius 1 is 0.389 bits per heavy atom. The van der Waals surface area contributed by atoms with Crippen molar-refractivity contribution in [1.29, 1.82) is 0 Å². The van der Waals surface area contributed by atoms with Crippen LogP contribution in [0.4, 0.5) is 12.9 Å². The molecular weight excluding hydrogens is 323 g/mol. The fourth-order valence-corrected chi connectivity index (χ4v) is 0. The molecular formula is B3F3Na6O6. The summed E-state index contributed by atoms with van der Waals surface area (Å²) in [6, 6.07) is 0. The standard InChI is InChI=1S/3BFO2.6Na/c3*2-1(3)4;;;;;;/q3*-2;6*+1. The minimum Gasteiger partial charge on any atom is -0.867 e. The molecule has 0 rings (SSSR count). The maximum Gasteiger partial charge on any atom is 1.00 e. The minimum atomic E-state index is -3.17. The summed E-state index contributed by atoms with van der Waals surface area (Å²) in [5.41, 5.74) is 0. The van der Waals surface area contributed by atoms with Crippen LogP contribution >= 0.6 is 0 Å². The first-order valence-electron chi connectivity index (χ1n) is 2.07. The Balaban J connectivity index is -0.00000000827. The first kappa shape index (κ1) is 56.5. The van der Waals surface area contributed by atoms with E-state index in [2.05, 4.69) is 0 Å². The van der Waals surface area contributed by atoms with Gasteiger partial charge >= 0.3 is 177 Å². The first-order chi connectivity index (χ1) is 5.20. The van der Waals surface area contributed by atoms with Gasteiger partial charge in [0.1, 0.15) is 22.2 Å². The zero-order chi connectivity index (χ0) is 10.7. The molecule has 72 valence electrons. The van der Waals surface area contributed by atoms with Crippen molar-refractivity contribution in [2.45, 2.75) is 0 Å². The van der Waals surface area contributed by atoms with E-state index in [9.17, 15) is 12.9 Å². The molecule has 0 aromatic rings. The molecule has 0 bridgehead atoms. The maximum atomic E-state index is 9.89. The van der Waals surface area contributed by atoms with Crippen molar-refractivity contribution < 1.29 is 220 Å². The van der Waals surface area contributed by atoms with Gasteiger partial charge in [-0.15, -0.1) is 0 Å². The van der Waals surface area contributed by atoms with Gasteiger partial charge in [0.25, 0.3) is 0 Å². The van der Waals surface area contributed by atoms with Crippen molar-refractivity contribution in [3.63, 3.8) is 0 Å². The smallest absolute Gasteiger partial charge is 0.867 e. The summed E-state index contributed by atoms with van der Waals surface area (Å²) in [6.07, 6.45) is 0. The Kier molecular flexibility index (Phi) is 155. The molecule has 0 unspecified atom stereocenters. The maximum absolute atomic E-state index is 9.89. The second kappa shape index (κ2) is 49.5. The van der Waals surface area contributed by atoms with Crippen LogP contribution in [0.3, 0.4) is 0 Å². The summed E-state index contributed by atoms with van der Waals surface area (Å²) >= 11 is 0. The molecule has 18 heteroatoms. The summed E-state index contributed by atoms with van der Waals surface area (Å²) in [4.78, 5) is 0. The Morgan fingerprint density at radius 3 is 0.389 bits per heavy atom. The fraction of sp³-hybridized carbons (Fsp3) is 0. The van der Waals surface area contributed by atoms with Crippen LogP contribution in [0.15, 0.2) is 0 Å². The zero-order valence-corrected chi connectivity index (χ0v) is 23.3. The summed E-state index contributed by atoms with van der Waals surface area (Å²) < 4.78 is 29.7. The molecule has 0 aliphatic heterocycles. The Bertz CT molecular complexity index is 63.1. The minimum absolute atomic E-state index is 0. The van der Waals surface area contributed by atoms with E-state index in [0.29, 0.717) is 0 Å². The van der Waals surface area contributed by atoms with Crippen LogP contribution in [0, 0.1) is 0 Å². The first-order valence-corrected chi connectivity index (χ1v) is 2.07. The molecule has 0 aliphatic carbocycles. The Labute approximate surface area is 237 Å². The van der Waals surface area contributed by atoms with Gasteiger partial charge in [0.05, 0.1) is 0 Å². The van der Waals surface area contributed by atoms with Crippen molar-refractivity contribution in [3.8, 4) is 0 Å². The van der Waals surface area contributed by atoms with E-state index in [-0.39, 0.29) is 177 Å². The predicted octanol–water partition coefficient (Wildman–Crippen LogP) is -25.0. The summed E-state index contributed by atoms with van der Waals surface area (Å²) in [5, 5.41) is 49.8. The second-order valence-electron chi connectivity index (χ2n) is 0.823. The molecule has 0 spiro atoms. The van der Waals surface area contributed by atoms with E-state index in [0.717, 1.165) is 0 Å². The quantitative estimate of drug-likeness (QED) is 0.406. The summed E-state index contributed by atoms with van der Waals surface area (Å²) in [5.74, 6) is 0. The van der Waals surface area contributed by atoms with Gasteiger partial charge in [-0.05, 0) is 0 Å². The van der Waals surface area contributed by atoms with Gasteiger partial charge in [-0.2, -0.15) is 0 Å². The van der Waals surface area contributed by atoms with Gasteiger partial charge in [-0.3, -0.25) is 0 Å². The molecule has 0 aromatic heterocycles. The Hall–Kier alpha value is 5.74. The molecule has 0 amide bonds. The molecule has 18 heavy (non-hydrogen) atoms. The van der Waals surface area contributed by atoms with Gasteiger partial charge in [0, 0.05) is 0 Å². The average molecular weight is 323 g/mol. The van der Waals surface area contributed by atoms with E-state index in [1.165, 1.54) is 0 Å². The number of rotatable bonds is 0. The number of halogens is 3. The van der Waals surface area contributed by atoms with Crippen LogP contribution in [-0.2, 0) is 0 Å². The topological polar surface area (TPSA) is 138 Å². The van der Waals surface area contributed by atoms with Crippen molar-refractivity contribution in [2.75, 3.05) is 0 Å². The van der Waals surface area contributed by atoms with Crippen LogP contribution in [0.1, 0.15) is 0 Å². The van der Waals surface area contributed by atoms with E-state index < -0.39 is 22.2 Å². The molecule has 0 fully saturated rings. The van der Waals surface area contributed by atoms with Gasteiger partial charge in [0.2, 0.25) is 0 Å². The summed E-state index contributed by atoms with van der Waals surface area (Å²) in [7, 11) is -9.50. The van der Waals surface area contributed by atoms with E-state index in [1.54, 1.807) is 0 Å². The fourth-order valence-electron chi connectivity index (χ4n) is 0. The molecule has 0 radical (unpaired) electrons. The van der Waals surface area contributed by atoms with Crippen LogP contribution < -0.4 is 207 Å². The van der Waals surface area contributed by atoms with Gasteiger partial charge in [0.15, 0.2) is 0 Å². The van der Waals surface area contributed by atoms with Crippen LogP contribution in [0.25, 0.3) is 0 Å². The summed E-state index contributed by atoms with van der Waals surface area (Å²) in [6.45, 7) is 0. The predicted molar refractivity (Wildman–Crippen MR) is 20.6 cm³/mol. The number of hydrogen-bond acceptors (Lipinski definition) is 6. The number of hydrogen-bond donors (Lipinski definition) is 0. The third-order valence-corrected chi connectivity index (χ3v) is 0. The van der Waals surface area contributed by atoms with Gasteiger partial charge < -0.3 is 43.1 Å². The van der Waals surface area contributed by atoms with Crippen LogP contribution in [-0.4, -0.2) is 22.2 Å². The zero-order valence-electron chi connectivity index (χ0n) is 11.3. The monoisotopic (exact) mass is 324 g/mol. The van der Waals surface area contributed by atoms with Crippen molar-refractivity contribution in [3.05, 3.63) is 0 Å². The van der Waals surface area contributed by atoms with E-state index in [4.69, 9.17) is 30.1 Å². The normalized spacial score (nSPS) is 4.50.